The van der Waals surface area contributed by atoms with Gasteiger partial charge in [0.15, 0.2) is 0 Å². The van der Waals surface area contributed by atoms with E-state index in [-0.39, 0.29) is 18.3 Å². The minimum Gasteiger partial charge on any atom is -0.409 e. The third-order valence-corrected chi connectivity index (χ3v) is 3.33. The van der Waals surface area contributed by atoms with E-state index >= 15 is 0 Å². The Morgan fingerprint density at radius 3 is 2.68 bits per heavy atom. The highest BCUT2D eigenvalue weighted by Crippen LogP contribution is 2.17. The monoisotopic (exact) mass is 283 g/mol. The molecule has 0 unspecified atom stereocenters. The highest BCUT2D eigenvalue weighted by atomic mass is 35.5. The second-order valence-corrected chi connectivity index (χ2v) is 5.42. The molecule has 19 heavy (non-hydrogen) atoms. The third-order valence-electron chi connectivity index (χ3n) is 2.93. The number of hydrogen-bond donors (Lipinski definition) is 3. The number of nitrogens with one attached hydrogen (secondary N) is 1. The summed E-state index contributed by atoms with van der Waals surface area (Å²) >= 11 is 5.97. The number of nitrogens with zero attached hydrogens (tertiary/aromatic N) is 1. The first kappa shape index (κ1) is 15.3. The first-order valence-electron chi connectivity index (χ1n) is 5.80. The summed E-state index contributed by atoms with van der Waals surface area (Å²) in [4.78, 5) is 12.0. The third kappa shape index (κ3) is 3.86. The fourth-order valence-corrected chi connectivity index (χ4v) is 1.54. The van der Waals surface area contributed by atoms with Crippen molar-refractivity contribution in [3.05, 3.63) is 34.3 Å². The average molecular weight is 284 g/mol. The topological polar surface area (TPSA) is 87.7 Å². The molecule has 0 saturated heterocycles. The molecule has 0 saturated carbocycles. The Morgan fingerprint density at radius 1 is 1.53 bits per heavy atom. The zero-order valence-corrected chi connectivity index (χ0v) is 12.0. The van der Waals surface area contributed by atoms with Crippen LogP contribution in [0.5, 0.6) is 0 Å². The minimum absolute atomic E-state index is 0.0646. The second kappa shape index (κ2) is 5.93. The molecule has 5 nitrogen and oxygen atoms in total. The van der Waals surface area contributed by atoms with Gasteiger partial charge in [-0.25, -0.2) is 0 Å². The predicted molar refractivity (Wildman–Crippen MR) is 75.7 cm³/mol. The van der Waals surface area contributed by atoms with Crippen molar-refractivity contribution < 1.29 is 10.0 Å². The lowest BCUT2D eigenvalue weighted by atomic mass is 9.92. The zero-order chi connectivity index (χ0) is 14.6. The number of rotatable bonds is 4. The highest BCUT2D eigenvalue weighted by molar-refractivity contribution is 6.31. The lowest BCUT2D eigenvalue weighted by Gasteiger charge is -2.23. The molecule has 104 valence electrons. The van der Waals surface area contributed by atoms with Crippen LogP contribution in [0.25, 0.3) is 0 Å². The summed E-state index contributed by atoms with van der Waals surface area (Å²) in [5, 5.41) is 14.9. The Morgan fingerprint density at radius 2 is 2.16 bits per heavy atom. The van der Waals surface area contributed by atoms with Crippen molar-refractivity contribution >= 4 is 23.3 Å². The molecule has 0 spiro atoms. The number of aryl methyl sites for hydroxylation is 1. The van der Waals surface area contributed by atoms with Crippen LogP contribution in [0.4, 0.5) is 0 Å². The van der Waals surface area contributed by atoms with Gasteiger partial charge in [-0.1, -0.05) is 36.7 Å². The molecule has 0 radical (unpaired) electrons. The number of oxime groups is 1. The van der Waals surface area contributed by atoms with Gasteiger partial charge < -0.3 is 16.3 Å². The van der Waals surface area contributed by atoms with E-state index in [4.69, 9.17) is 22.5 Å². The summed E-state index contributed by atoms with van der Waals surface area (Å²) in [6.07, 6.45) is 0. The maximum absolute atomic E-state index is 12.0. The fourth-order valence-electron chi connectivity index (χ4n) is 1.36. The molecule has 0 aliphatic carbocycles. The van der Waals surface area contributed by atoms with Gasteiger partial charge in [-0.2, -0.15) is 0 Å². The number of nitrogens with two attached hydrogens (primary N) is 1. The quantitative estimate of drug-likeness (QED) is 0.342. The number of carbonyl (C=O) groups excluding carboxylic acids is 1. The maximum Gasteiger partial charge on any atom is 0.251 e. The van der Waals surface area contributed by atoms with E-state index in [1.807, 2.05) is 6.92 Å². The largest absolute Gasteiger partial charge is 0.409 e. The fraction of sp³-hybridized carbons (Fsp3) is 0.385. The van der Waals surface area contributed by atoms with Crippen molar-refractivity contribution in [2.45, 2.75) is 20.8 Å². The summed E-state index contributed by atoms with van der Waals surface area (Å²) < 4.78 is 0. The average Bonchev–Trinajstić information content (AvgIpc) is 2.38. The Kier molecular flexibility index (Phi) is 4.78. The SMILES string of the molecule is Cc1ccc(C(=O)NCC(C)(C)/C(N)=N/O)cc1Cl. The van der Waals surface area contributed by atoms with Crippen LogP contribution in [-0.4, -0.2) is 23.5 Å². The van der Waals surface area contributed by atoms with E-state index in [1.54, 1.807) is 32.0 Å². The summed E-state index contributed by atoms with van der Waals surface area (Å²) in [7, 11) is 0. The molecular weight excluding hydrogens is 266 g/mol. The molecule has 1 amide bonds. The van der Waals surface area contributed by atoms with Crippen LogP contribution in [0.3, 0.4) is 0 Å². The van der Waals surface area contributed by atoms with Crippen LogP contribution < -0.4 is 11.1 Å². The second-order valence-electron chi connectivity index (χ2n) is 5.02. The van der Waals surface area contributed by atoms with Gasteiger partial charge in [-0.15, -0.1) is 0 Å². The van der Waals surface area contributed by atoms with Gasteiger partial charge in [0.1, 0.15) is 5.84 Å². The van der Waals surface area contributed by atoms with E-state index in [2.05, 4.69) is 10.5 Å². The lowest BCUT2D eigenvalue weighted by molar-refractivity contribution is 0.0944. The molecule has 1 aromatic carbocycles. The number of carbonyl (C=O) groups is 1. The minimum atomic E-state index is -0.626. The maximum atomic E-state index is 12.0. The van der Waals surface area contributed by atoms with E-state index in [9.17, 15) is 4.79 Å². The molecule has 0 aliphatic heterocycles. The summed E-state index contributed by atoms with van der Waals surface area (Å²) in [6, 6.07) is 5.10. The Labute approximate surface area is 117 Å². The lowest BCUT2D eigenvalue weighted by Crippen LogP contribution is -2.42. The Hall–Kier alpha value is -1.75. The number of amides is 1. The molecule has 0 bridgehead atoms. The van der Waals surface area contributed by atoms with Crippen LogP contribution in [0.15, 0.2) is 23.4 Å². The van der Waals surface area contributed by atoms with Gasteiger partial charge in [0.05, 0.1) is 0 Å². The summed E-state index contributed by atoms with van der Waals surface area (Å²) in [5.74, 6) is -0.185. The molecule has 0 fully saturated rings. The van der Waals surface area contributed by atoms with Gasteiger partial charge in [0.25, 0.3) is 5.91 Å². The standard InChI is InChI=1S/C13H18ClN3O2/c1-8-4-5-9(6-10(8)14)11(18)16-7-13(2,3)12(15)17-19/h4-6,19H,7H2,1-3H3,(H2,15,17)(H,16,18). The molecule has 0 aromatic heterocycles. The summed E-state index contributed by atoms with van der Waals surface area (Å²) in [5.41, 5.74) is 6.31. The van der Waals surface area contributed by atoms with E-state index < -0.39 is 5.41 Å². The van der Waals surface area contributed by atoms with Crippen LogP contribution >= 0.6 is 11.6 Å². The van der Waals surface area contributed by atoms with Gasteiger partial charge in [-0.05, 0) is 24.6 Å². The molecule has 0 heterocycles. The number of hydrogen-bond acceptors (Lipinski definition) is 3. The normalized spacial score (nSPS) is 12.3. The molecule has 1 rings (SSSR count). The molecule has 1 aromatic rings. The number of halogens is 1. The smallest absolute Gasteiger partial charge is 0.251 e. The van der Waals surface area contributed by atoms with E-state index in [0.29, 0.717) is 10.6 Å². The number of benzene rings is 1. The summed E-state index contributed by atoms with van der Waals surface area (Å²) in [6.45, 7) is 5.66. The van der Waals surface area contributed by atoms with Gasteiger partial charge in [0.2, 0.25) is 0 Å². The van der Waals surface area contributed by atoms with Crippen LogP contribution in [0, 0.1) is 12.3 Å². The van der Waals surface area contributed by atoms with Crippen molar-refractivity contribution in [3.8, 4) is 0 Å². The highest BCUT2D eigenvalue weighted by Gasteiger charge is 2.24. The van der Waals surface area contributed by atoms with E-state index in [1.165, 1.54) is 0 Å². The van der Waals surface area contributed by atoms with Gasteiger partial charge in [0, 0.05) is 22.5 Å². The van der Waals surface area contributed by atoms with Crippen LogP contribution in [0.1, 0.15) is 29.8 Å². The number of amidine groups is 1. The van der Waals surface area contributed by atoms with Crippen molar-refractivity contribution in [3.63, 3.8) is 0 Å². The molecule has 6 heteroatoms. The van der Waals surface area contributed by atoms with E-state index in [0.717, 1.165) is 5.56 Å². The molecular formula is C13H18ClN3O2. The van der Waals surface area contributed by atoms with Crippen molar-refractivity contribution in [2.75, 3.05) is 6.54 Å². The Bertz CT molecular complexity index is 513. The van der Waals surface area contributed by atoms with Gasteiger partial charge in [-0.3, -0.25) is 4.79 Å². The van der Waals surface area contributed by atoms with Gasteiger partial charge >= 0.3 is 0 Å². The van der Waals surface area contributed by atoms with Crippen molar-refractivity contribution in [2.24, 2.45) is 16.3 Å². The van der Waals surface area contributed by atoms with Crippen molar-refractivity contribution in [1.82, 2.24) is 5.32 Å². The van der Waals surface area contributed by atoms with Crippen molar-refractivity contribution in [1.29, 1.82) is 0 Å². The first-order chi connectivity index (χ1) is 8.77. The molecule has 4 N–H and O–H groups in total. The first-order valence-corrected chi connectivity index (χ1v) is 6.18. The zero-order valence-electron chi connectivity index (χ0n) is 11.2. The molecule has 0 aliphatic rings. The van der Waals surface area contributed by atoms with Crippen LogP contribution in [0.2, 0.25) is 5.02 Å². The predicted octanol–water partition coefficient (Wildman–Crippen LogP) is 2.15. The molecule has 0 atom stereocenters. The Balaban J connectivity index is 2.73. The van der Waals surface area contributed by atoms with Crippen LogP contribution in [-0.2, 0) is 0 Å².